The second kappa shape index (κ2) is 15.3. The highest BCUT2D eigenvalue weighted by atomic mass is 16.3. The molecule has 0 aliphatic heterocycles. The molecule has 3 N–H and O–H groups in total. The number of phenolic OH excluding ortho intramolecular Hbond substituents is 1. The number of hydrogen-bond acceptors (Lipinski definition) is 5. The van der Waals surface area contributed by atoms with Crippen molar-refractivity contribution in [2.24, 2.45) is 10.2 Å². The van der Waals surface area contributed by atoms with Gasteiger partial charge in [0.05, 0.1) is 16.8 Å². The standard InChI is InChI=1S/C50H39N5O2/c1-33-20-27-37(28-21-33)53-54-48-46-36(26-31-42-41-17-9-11-19-45(41)51-47(42)46)32-43(49(48)56)50(57)52-44-18-10-8-12-35(44)25-22-34-23-29-40(30-24-34)55(38-13-4-2-5-14-38)39-15-6-3-7-16-39/h2-21,23-24,26-32,51,56H,22,25H2,1H3,(H,52,57). The summed E-state index contributed by atoms with van der Waals surface area (Å²) in [6.45, 7) is 2.01. The first-order valence-corrected chi connectivity index (χ1v) is 19.1. The third-order valence-corrected chi connectivity index (χ3v) is 10.4. The second-order valence-electron chi connectivity index (χ2n) is 14.2. The number of amides is 1. The number of azo groups is 1. The predicted octanol–water partition coefficient (Wildman–Crippen LogP) is 13.4. The van der Waals surface area contributed by atoms with Crippen molar-refractivity contribution in [3.8, 4) is 5.75 Å². The number of aromatic amines is 1. The number of carbonyl (C=O) groups is 1. The molecular weight excluding hydrogens is 703 g/mol. The summed E-state index contributed by atoms with van der Waals surface area (Å²) in [7, 11) is 0. The fourth-order valence-electron chi connectivity index (χ4n) is 7.51. The molecule has 0 saturated carbocycles. The van der Waals surface area contributed by atoms with E-state index in [1.165, 1.54) is 5.56 Å². The van der Waals surface area contributed by atoms with Crippen LogP contribution in [0, 0.1) is 6.92 Å². The summed E-state index contributed by atoms with van der Waals surface area (Å²) >= 11 is 0. The molecule has 9 rings (SSSR count). The highest BCUT2D eigenvalue weighted by Crippen LogP contribution is 2.44. The van der Waals surface area contributed by atoms with Crippen LogP contribution < -0.4 is 10.2 Å². The molecule has 276 valence electrons. The quantitative estimate of drug-likeness (QED) is 0.122. The van der Waals surface area contributed by atoms with E-state index in [-0.39, 0.29) is 17.0 Å². The normalized spacial score (nSPS) is 11.5. The van der Waals surface area contributed by atoms with Crippen LogP contribution in [0.1, 0.15) is 27.0 Å². The number of fused-ring (bicyclic) bond motifs is 5. The Morgan fingerprint density at radius 2 is 1.30 bits per heavy atom. The maximum absolute atomic E-state index is 14.2. The maximum atomic E-state index is 14.2. The van der Waals surface area contributed by atoms with Crippen LogP contribution in [0.3, 0.4) is 0 Å². The number of carbonyl (C=O) groups excluding carboxylic acids is 1. The average molecular weight is 742 g/mol. The molecule has 9 aromatic rings. The van der Waals surface area contributed by atoms with Gasteiger partial charge in [0.2, 0.25) is 0 Å². The number of anilines is 4. The molecule has 57 heavy (non-hydrogen) atoms. The van der Waals surface area contributed by atoms with E-state index in [4.69, 9.17) is 0 Å². The van der Waals surface area contributed by atoms with Gasteiger partial charge in [-0.05, 0) is 103 Å². The molecule has 0 saturated heterocycles. The Labute approximate surface area is 330 Å². The Balaban J connectivity index is 1.00. The predicted molar refractivity (Wildman–Crippen MR) is 233 cm³/mol. The third-order valence-electron chi connectivity index (χ3n) is 10.4. The van der Waals surface area contributed by atoms with Gasteiger partial charge in [-0.3, -0.25) is 4.79 Å². The van der Waals surface area contributed by atoms with Crippen molar-refractivity contribution < 1.29 is 9.90 Å². The molecule has 1 heterocycles. The second-order valence-corrected chi connectivity index (χ2v) is 14.2. The topological polar surface area (TPSA) is 93.1 Å². The van der Waals surface area contributed by atoms with Gasteiger partial charge in [0.15, 0.2) is 5.75 Å². The lowest BCUT2D eigenvalue weighted by Gasteiger charge is -2.25. The van der Waals surface area contributed by atoms with Gasteiger partial charge < -0.3 is 20.3 Å². The van der Waals surface area contributed by atoms with Gasteiger partial charge in [0.25, 0.3) is 5.91 Å². The first kappa shape index (κ1) is 35.2. The SMILES string of the molecule is Cc1ccc(N=Nc2c(O)c(C(=O)Nc3ccccc3CCc3ccc(N(c4ccccc4)c4ccccc4)cc3)cc3ccc4c5ccccc5[nH]c4c23)cc1. The molecule has 0 spiro atoms. The van der Waals surface area contributed by atoms with Crippen molar-refractivity contribution in [1.82, 2.24) is 4.98 Å². The summed E-state index contributed by atoms with van der Waals surface area (Å²) in [5.74, 6) is -0.670. The molecule has 0 aliphatic rings. The molecule has 0 atom stereocenters. The Hall–Kier alpha value is -7.51. The van der Waals surface area contributed by atoms with Crippen molar-refractivity contribution in [3.63, 3.8) is 0 Å². The van der Waals surface area contributed by atoms with Crippen LogP contribution in [-0.4, -0.2) is 16.0 Å². The fraction of sp³-hybridized carbons (Fsp3) is 0.0600. The molecular formula is C50H39N5O2. The van der Waals surface area contributed by atoms with Crippen LogP contribution >= 0.6 is 0 Å². The molecule has 0 unspecified atom stereocenters. The number of phenols is 1. The number of nitrogens with one attached hydrogen (secondary N) is 2. The zero-order valence-corrected chi connectivity index (χ0v) is 31.4. The Bertz CT molecular complexity index is 2860. The monoisotopic (exact) mass is 741 g/mol. The molecule has 1 aromatic heterocycles. The molecule has 1 amide bonds. The summed E-state index contributed by atoms with van der Waals surface area (Å²) in [6, 6.07) is 58.7. The molecule has 0 fully saturated rings. The van der Waals surface area contributed by atoms with Crippen molar-refractivity contribution in [2.45, 2.75) is 19.8 Å². The Kier molecular flexibility index (Phi) is 9.46. The summed E-state index contributed by atoms with van der Waals surface area (Å²) in [5, 5.41) is 27.6. The van der Waals surface area contributed by atoms with E-state index in [1.54, 1.807) is 6.07 Å². The highest BCUT2D eigenvalue weighted by molar-refractivity contribution is 6.22. The first-order valence-electron chi connectivity index (χ1n) is 19.1. The maximum Gasteiger partial charge on any atom is 0.259 e. The van der Waals surface area contributed by atoms with Crippen LogP contribution in [0.25, 0.3) is 32.6 Å². The Morgan fingerprint density at radius 3 is 2.04 bits per heavy atom. The van der Waals surface area contributed by atoms with Crippen molar-refractivity contribution in [3.05, 3.63) is 198 Å². The smallest absolute Gasteiger partial charge is 0.259 e. The van der Waals surface area contributed by atoms with Crippen molar-refractivity contribution >= 4 is 72.6 Å². The van der Waals surface area contributed by atoms with E-state index < -0.39 is 5.91 Å². The molecule has 0 bridgehead atoms. The minimum atomic E-state index is -0.434. The Morgan fingerprint density at radius 1 is 0.649 bits per heavy atom. The van der Waals surface area contributed by atoms with Crippen LogP contribution in [0.2, 0.25) is 0 Å². The number of aryl methyl sites for hydroxylation is 3. The number of para-hydroxylation sites is 4. The minimum Gasteiger partial charge on any atom is -0.505 e. The number of rotatable bonds is 10. The third kappa shape index (κ3) is 7.10. The van der Waals surface area contributed by atoms with Gasteiger partial charge in [-0.2, -0.15) is 5.11 Å². The zero-order chi connectivity index (χ0) is 38.7. The van der Waals surface area contributed by atoms with E-state index >= 15 is 0 Å². The number of nitrogens with zero attached hydrogens (tertiary/aromatic N) is 3. The van der Waals surface area contributed by atoms with E-state index in [2.05, 4.69) is 104 Å². The van der Waals surface area contributed by atoms with Crippen LogP contribution in [-0.2, 0) is 12.8 Å². The molecule has 0 aliphatic carbocycles. The minimum absolute atomic E-state index is 0.114. The number of aromatic nitrogens is 1. The van der Waals surface area contributed by atoms with E-state index in [1.807, 2.05) is 97.9 Å². The van der Waals surface area contributed by atoms with Crippen LogP contribution in [0.15, 0.2) is 186 Å². The number of benzene rings is 8. The van der Waals surface area contributed by atoms with Gasteiger partial charge in [0, 0.05) is 44.4 Å². The lowest BCUT2D eigenvalue weighted by atomic mass is 9.99. The number of aromatic hydroxyl groups is 1. The molecule has 8 aromatic carbocycles. The van der Waals surface area contributed by atoms with Gasteiger partial charge >= 0.3 is 0 Å². The van der Waals surface area contributed by atoms with E-state index in [9.17, 15) is 9.90 Å². The average Bonchev–Trinajstić information content (AvgIpc) is 3.64. The van der Waals surface area contributed by atoms with Gasteiger partial charge in [-0.25, -0.2) is 0 Å². The molecule has 0 radical (unpaired) electrons. The fourth-order valence-corrected chi connectivity index (χ4v) is 7.51. The van der Waals surface area contributed by atoms with Gasteiger partial charge in [-0.15, -0.1) is 5.11 Å². The van der Waals surface area contributed by atoms with Gasteiger partial charge in [0.1, 0.15) is 5.69 Å². The van der Waals surface area contributed by atoms with Gasteiger partial charge in [-0.1, -0.05) is 115 Å². The highest BCUT2D eigenvalue weighted by Gasteiger charge is 2.22. The largest absolute Gasteiger partial charge is 0.505 e. The van der Waals surface area contributed by atoms with E-state index in [0.29, 0.717) is 23.2 Å². The lowest BCUT2D eigenvalue weighted by Crippen LogP contribution is -2.14. The van der Waals surface area contributed by atoms with Crippen LogP contribution in [0.5, 0.6) is 5.75 Å². The first-order chi connectivity index (χ1) is 28.0. The summed E-state index contributed by atoms with van der Waals surface area (Å²) in [4.78, 5) is 19.9. The summed E-state index contributed by atoms with van der Waals surface area (Å²) < 4.78 is 0. The number of H-pyrrole nitrogens is 1. The number of hydrogen-bond donors (Lipinski definition) is 3. The summed E-state index contributed by atoms with van der Waals surface area (Å²) in [5.41, 5.74) is 9.98. The molecule has 7 nitrogen and oxygen atoms in total. The van der Waals surface area contributed by atoms with E-state index in [0.717, 1.165) is 61.8 Å². The van der Waals surface area contributed by atoms with Crippen molar-refractivity contribution in [1.29, 1.82) is 0 Å². The molecule has 7 heteroatoms. The summed E-state index contributed by atoms with van der Waals surface area (Å²) in [6.07, 6.45) is 1.48. The zero-order valence-electron chi connectivity index (χ0n) is 31.4. The van der Waals surface area contributed by atoms with Crippen LogP contribution in [0.4, 0.5) is 34.1 Å². The van der Waals surface area contributed by atoms with Crippen molar-refractivity contribution in [2.75, 3.05) is 10.2 Å². The lowest BCUT2D eigenvalue weighted by molar-refractivity contribution is 0.102.